The van der Waals surface area contributed by atoms with Gasteiger partial charge in [0.05, 0.1) is 0 Å². The van der Waals surface area contributed by atoms with E-state index in [4.69, 9.17) is 0 Å². The van der Waals surface area contributed by atoms with Gasteiger partial charge in [0.2, 0.25) is 5.78 Å². The molecule has 64 valence electrons. The van der Waals surface area contributed by atoms with E-state index in [0.717, 1.165) is 22.6 Å². The van der Waals surface area contributed by atoms with Crippen LogP contribution in [0.15, 0.2) is 30.3 Å². The highest BCUT2D eigenvalue weighted by atomic mass is 127. The number of Topliss-reactive ketones (excluding diaryl/α,β-unsaturated/α-hetero) is 1. The predicted octanol–water partition coefficient (Wildman–Crippen LogP) is 2.90. The van der Waals surface area contributed by atoms with Gasteiger partial charge >= 0.3 is 3.93 Å². The summed E-state index contributed by atoms with van der Waals surface area (Å²) >= 11 is 0.823. The van der Waals surface area contributed by atoms with Crippen molar-refractivity contribution in [3.05, 3.63) is 35.9 Å². The summed E-state index contributed by atoms with van der Waals surface area (Å²) < 4.78 is 21.6. The lowest BCUT2D eigenvalue weighted by molar-refractivity contribution is 0.0627. The number of carbonyl (C=O) groups excluding carboxylic acids is 1. The molecule has 1 aromatic rings. The molecule has 1 rings (SSSR count). The number of carbonyl (C=O) groups is 1. The zero-order valence-corrected chi connectivity index (χ0v) is 8.09. The van der Waals surface area contributed by atoms with Crippen LogP contribution in [-0.2, 0) is 0 Å². The van der Waals surface area contributed by atoms with Crippen molar-refractivity contribution in [2.24, 2.45) is 0 Å². The second-order valence-corrected chi connectivity index (χ2v) is 3.55. The van der Waals surface area contributed by atoms with Gasteiger partial charge in [0, 0.05) is 28.2 Å². The number of rotatable bonds is 2. The molecule has 0 amide bonds. The van der Waals surface area contributed by atoms with Crippen LogP contribution in [0.5, 0.6) is 0 Å². The molecule has 0 heterocycles. The molecule has 1 nitrogen and oxygen atoms in total. The van der Waals surface area contributed by atoms with Crippen LogP contribution in [0.3, 0.4) is 0 Å². The predicted molar refractivity (Wildman–Crippen MR) is 49.7 cm³/mol. The fraction of sp³-hybridized carbons (Fsp3) is 0.125. The molecular formula is C8H5F2IO. The monoisotopic (exact) mass is 282 g/mol. The molecule has 0 fully saturated rings. The Morgan fingerprint density at radius 1 is 1.25 bits per heavy atom. The molecule has 0 bridgehead atoms. The highest BCUT2D eigenvalue weighted by Crippen LogP contribution is 2.26. The minimum absolute atomic E-state index is 0.0388. The van der Waals surface area contributed by atoms with Crippen LogP contribution in [-0.4, -0.2) is 9.71 Å². The van der Waals surface area contributed by atoms with Crippen LogP contribution in [0.1, 0.15) is 10.4 Å². The van der Waals surface area contributed by atoms with Gasteiger partial charge < -0.3 is 0 Å². The molecule has 0 saturated carbocycles. The molecule has 0 aliphatic heterocycles. The SMILES string of the molecule is O=C(c1ccccc1)C(F)(F)I. The summed E-state index contributed by atoms with van der Waals surface area (Å²) in [5.74, 6) is -1.15. The summed E-state index contributed by atoms with van der Waals surface area (Å²) in [5, 5.41) is 0. The quantitative estimate of drug-likeness (QED) is 0.463. The maximum Gasteiger partial charge on any atom is 0.357 e. The van der Waals surface area contributed by atoms with Gasteiger partial charge in [0.25, 0.3) is 0 Å². The van der Waals surface area contributed by atoms with E-state index < -0.39 is 9.71 Å². The van der Waals surface area contributed by atoms with E-state index in [1.165, 1.54) is 12.1 Å². The molecule has 0 aliphatic rings. The van der Waals surface area contributed by atoms with Crippen LogP contribution in [0.25, 0.3) is 0 Å². The Hall–Kier alpha value is -0.520. The fourth-order valence-corrected chi connectivity index (χ4v) is 1.06. The third kappa shape index (κ3) is 2.23. The Morgan fingerprint density at radius 2 is 1.75 bits per heavy atom. The summed E-state index contributed by atoms with van der Waals surface area (Å²) in [5.41, 5.74) is 0.0388. The molecule has 0 spiro atoms. The molecule has 0 N–H and O–H groups in total. The Morgan fingerprint density at radius 3 is 2.17 bits per heavy atom. The number of ketones is 1. The zero-order chi connectivity index (χ0) is 9.19. The fourth-order valence-electron chi connectivity index (χ4n) is 0.753. The number of benzene rings is 1. The van der Waals surface area contributed by atoms with E-state index in [0.29, 0.717) is 0 Å². The van der Waals surface area contributed by atoms with Crippen molar-refractivity contribution in [1.82, 2.24) is 0 Å². The van der Waals surface area contributed by atoms with E-state index in [1.807, 2.05) is 0 Å². The molecule has 4 heteroatoms. The Bertz CT molecular complexity index is 279. The van der Waals surface area contributed by atoms with Gasteiger partial charge in [-0.25, -0.2) is 0 Å². The van der Waals surface area contributed by atoms with Crippen molar-refractivity contribution in [1.29, 1.82) is 0 Å². The summed E-state index contributed by atoms with van der Waals surface area (Å²) in [6.07, 6.45) is 0. The van der Waals surface area contributed by atoms with E-state index in [9.17, 15) is 13.6 Å². The number of hydrogen-bond acceptors (Lipinski definition) is 1. The molecule has 12 heavy (non-hydrogen) atoms. The maximum atomic E-state index is 12.4. The van der Waals surface area contributed by atoms with E-state index >= 15 is 0 Å². The van der Waals surface area contributed by atoms with Gasteiger partial charge in [-0.2, -0.15) is 8.78 Å². The summed E-state index contributed by atoms with van der Waals surface area (Å²) in [4.78, 5) is 10.9. The lowest BCUT2D eigenvalue weighted by atomic mass is 10.1. The normalized spacial score (nSPS) is 11.2. The van der Waals surface area contributed by atoms with Crippen LogP contribution in [0.4, 0.5) is 8.78 Å². The van der Waals surface area contributed by atoms with Crippen LogP contribution in [0, 0.1) is 0 Å². The highest BCUT2D eigenvalue weighted by molar-refractivity contribution is 14.1. The Labute approximate surface area is 81.9 Å². The first-order valence-corrected chi connectivity index (χ1v) is 4.26. The van der Waals surface area contributed by atoms with Crippen LogP contribution < -0.4 is 0 Å². The number of alkyl halides is 3. The molecule has 0 radical (unpaired) electrons. The van der Waals surface area contributed by atoms with Gasteiger partial charge in [-0.05, 0) is 0 Å². The zero-order valence-electron chi connectivity index (χ0n) is 5.93. The van der Waals surface area contributed by atoms with E-state index in [1.54, 1.807) is 18.2 Å². The van der Waals surface area contributed by atoms with Gasteiger partial charge in [-0.1, -0.05) is 30.3 Å². The lowest BCUT2D eigenvalue weighted by Crippen LogP contribution is -2.20. The van der Waals surface area contributed by atoms with Crippen molar-refractivity contribution < 1.29 is 13.6 Å². The third-order valence-corrected chi connectivity index (χ3v) is 1.78. The van der Waals surface area contributed by atoms with Crippen LogP contribution in [0.2, 0.25) is 0 Å². The van der Waals surface area contributed by atoms with Crippen molar-refractivity contribution in [3.63, 3.8) is 0 Å². The highest BCUT2D eigenvalue weighted by Gasteiger charge is 2.35. The third-order valence-electron chi connectivity index (χ3n) is 1.29. The summed E-state index contributed by atoms with van der Waals surface area (Å²) in [6.45, 7) is 0. The number of halogens is 3. The minimum Gasteiger partial charge on any atom is -0.286 e. The topological polar surface area (TPSA) is 17.1 Å². The van der Waals surface area contributed by atoms with Gasteiger partial charge in [-0.3, -0.25) is 4.79 Å². The minimum atomic E-state index is -3.31. The molecule has 0 atom stereocenters. The van der Waals surface area contributed by atoms with Crippen molar-refractivity contribution in [3.8, 4) is 0 Å². The summed E-state index contributed by atoms with van der Waals surface area (Å²) in [6, 6.07) is 7.51. The van der Waals surface area contributed by atoms with Crippen molar-refractivity contribution in [2.45, 2.75) is 3.93 Å². The summed E-state index contributed by atoms with van der Waals surface area (Å²) in [7, 11) is 0. The first-order valence-electron chi connectivity index (χ1n) is 3.18. The first kappa shape index (κ1) is 9.57. The molecule has 0 saturated heterocycles. The first-order chi connectivity index (χ1) is 5.52. The van der Waals surface area contributed by atoms with E-state index in [-0.39, 0.29) is 5.56 Å². The smallest absolute Gasteiger partial charge is 0.286 e. The molecule has 0 aromatic heterocycles. The average Bonchev–Trinajstić information content (AvgIpc) is 2.03. The Kier molecular flexibility index (Phi) is 2.76. The number of hydrogen-bond donors (Lipinski definition) is 0. The van der Waals surface area contributed by atoms with Gasteiger partial charge in [-0.15, -0.1) is 0 Å². The standard InChI is InChI=1S/C8H5F2IO/c9-8(10,11)7(12)6-4-2-1-3-5-6/h1-5H. The molecule has 0 unspecified atom stereocenters. The average molecular weight is 282 g/mol. The maximum absolute atomic E-state index is 12.4. The van der Waals surface area contributed by atoms with Gasteiger partial charge in [0.1, 0.15) is 0 Å². The lowest BCUT2D eigenvalue weighted by Gasteiger charge is -2.05. The van der Waals surface area contributed by atoms with Crippen LogP contribution >= 0.6 is 22.6 Å². The van der Waals surface area contributed by atoms with E-state index in [2.05, 4.69) is 0 Å². The Balaban J connectivity index is 2.94. The molecule has 1 aromatic carbocycles. The van der Waals surface area contributed by atoms with Crippen molar-refractivity contribution >= 4 is 28.4 Å². The van der Waals surface area contributed by atoms with Crippen molar-refractivity contribution in [2.75, 3.05) is 0 Å². The second-order valence-electron chi connectivity index (χ2n) is 2.19. The molecular weight excluding hydrogens is 277 g/mol. The molecule has 0 aliphatic carbocycles. The van der Waals surface area contributed by atoms with Gasteiger partial charge in [0.15, 0.2) is 0 Å². The largest absolute Gasteiger partial charge is 0.357 e. The second kappa shape index (κ2) is 3.47.